The van der Waals surface area contributed by atoms with E-state index in [1.807, 2.05) is 45.9 Å². The van der Waals surface area contributed by atoms with Gasteiger partial charge in [0.25, 0.3) is 0 Å². The van der Waals surface area contributed by atoms with Crippen molar-refractivity contribution in [2.24, 2.45) is 11.8 Å². The van der Waals surface area contributed by atoms with E-state index in [-0.39, 0.29) is 41.6 Å². The number of hydrogen-bond donors (Lipinski definition) is 1. The Morgan fingerprint density at radius 1 is 1.15 bits per heavy atom. The van der Waals surface area contributed by atoms with E-state index in [2.05, 4.69) is 29.3 Å². The predicted molar refractivity (Wildman–Crippen MR) is 131 cm³/mol. The van der Waals surface area contributed by atoms with Crippen LogP contribution in [0.4, 0.5) is 0 Å². The van der Waals surface area contributed by atoms with Crippen molar-refractivity contribution in [2.45, 2.75) is 97.9 Å². The fourth-order valence-electron chi connectivity index (χ4n) is 5.03. The van der Waals surface area contributed by atoms with Gasteiger partial charge >= 0.3 is 5.97 Å². The summed E-state index contributed by atoms with van der Waals surface area (Å²) in [5.41, 5.74) is 0.575. The molecule has 1 aromatic carbocycles. The van der Waals surface area contributed by atoms with Gasteiger partial charge in [0.15, 0.2) is 0 Å². The lowest BCUT2D eigenvalue weighted by molar-refractivity contribution is -0.161. The van der Waals surface area contributed by atoms with Gasteiger partial charge in [0.2, 0.25) is 5.91 Å². The number of carbonyl (C=O) groups is 3. The standard InChI is InChI=1S/C27H42N2O4/c1-8-12-23(18(2)28-20(4)31)24(15-21-13-10-9-11-14-21)29-17-22(19(3)30)16-25(29)26(32)33-27(5,6)7/h9-11,13-14,18,22-25H,8,12,15-17H2,1-7H3,(H,28,31)/t18?,22?,23-,24-,25?/m0/s1. The first kappa shape index (κ1) is 27.0. The highest BCUT2D eigenvalue weighted by Crippen LogP contribution is 2.34. The molecule has 184 valence electrons. The van der Waals surface area contributed by atoms with Gasteiger partial charge in [-0.15, -0.1) is 0 Å². The molecule has 1 aromatic rings. The van der Waals surface area contributed by atoms with Crippen molar-refractivity contribution in [1.82, 2.24) is 10.2 Å². The number of nitrogens with one attached hydrogen (secondary N) is 1. The summed E-state index contributed by atoms with van der Waals surface area (Å²) in [5, 5.41) is 3.08. The van der Waals surface area contributed by atoms with Gasteiger partial charge in [0.05, 0.1) is 0 Å². The summed E-state index contributed by atoms with van der Waals surface area (Å²) in [5.74, 6) is -0.305. The smallest absolute Gasteiger partial charge is 0.323 e. The minimum atomic E-state index is -0.599. The molecule has 0 aliphatic carbocycles. The number of rotatable bonds is 10. The highest BCUT2D eigenvalue weighted by atomic mass is 16.6. The summed E-state index contributed by atoms with van der Waals surface area (Å²) >= 11 is 0. The second kappa shape index (κ2) is 11.8. The number of ketones is 1. The third-order valence-electron chi connectivity index (χ3n) is 6.50. The van der Waals surface area contributed by atoms with E-state index in [9.17, 15) is 14.4 Å². The molecule has 2 rings (SSSR count). The number of likely N-dealkylation sites (tertiary alicyclic amines) is 1. The van der Waals surface area contributed by atoms with Gasteiger partial charge in [-0.25, -0.2) is 0 Å². The van der Waals surface area contributed by atoms with Crippen molar-refractivity contribution in [3.63, 3.8) is 0 Å². The molecule has 3 unspecified atom stereocenters. The Morgan fingerprint density at radius 2 is 1.79 bits per heavy atom. The number of nitrogens with zero attached hydrogens (tertiary/aromatic N) is 1. The molecule has 1 amide bonds. The molecule has 1 fully saturated rings. The van der Waals surface area contributed by atoms with E-state index in [4.69, 9.17) is 4.74 Å². The lowest BCUT2D eigenvalue weighted by Gasteiger charge is -2.41. The molecule has 5 atom stereocenters. The fourth-order valence-corrected chi connectivity index (χ4v) is 5.03. The molecular weight excluding hydrogens is 416 g/mol. The summed E-state index contributed by atoms with van der Waals surface area (Å²) in [6.07, 6.45) is 3.07. The number of ether oxygens (including phenoxy) is 1. The number of carbonyl (C=O) groups excluding carboxylic acids is 3. The average Bonchev–Trinajstić information content (AvgIpc) is 3.15. The first-order valence-electron chi connectivity index (χ1n) is 12.2. The molecule has 1 N–H and O–H groups in total. The topological polar surface area (TPSA) is 75.7 Å². The monoisotopic (exact) mass is 458 g/mol. The molecule has 1 aliphatic heterocycles. The largest absolute Gasteiger partial charge is 0.459 e. The van der Waals surface area contributed by atoms with Crippen LogP contribution in [0.5, 0.6) is 0 Å². The van der Waals surface area contributed by atoms with Gasteiger partial charge in [0.1, 0.15) is 17.4 Å². The second-order valence-electron chi connectivity index (χ2n) is 10.5. The zero-order valence-corrected chi connectivity index (χ0v) is 21.4. The van der Waals surface area contributed by atoms with E-state index >= 15 is 0 Å². The van der Waals surface area contributed by atoms with Crippen molar-refractivity contribution < 1.29 is 19.1 Å². The third kappa shape index (κ3) is 7.95. The lowest BCUT2D eigenvalue weighted by Crippen LogP contribution is -2.54. The Kier molecular flexibility index (Phi) is 9.65. The van der Waals surface area contributed by atoms with Gasteiger partial charge in [-0.1, -0.05) is 43.7 Å². The molecule has 6 heteroatoms. The Morgan fingerprint density at radius 3 is 2.30 bits per heavy atom. The fraction of sp³-hybridized carbons (Fsp3) is 0.667. The number of amides is 1. The highest BCUT2D eigenvalue weighted by Gasteiger charge is 2.46. The maximum atomic E-state index is 13.3. The Labute approximate surface area is 199 Å². The van der Waals surface area contributed by atoms with Gasteiger partial charge in [0, 0.05) is 31.5 Å². The minimum Gasteiger partial charge on any atom is -0.459 e. The number of hydrogen-bond acceptors (Lipinski definition) is 5. The van der Waals surface area contributed by atoms with Gasteiger partial charge < -0.3 is 10.1 Å². The molecule has 0 saturated carbocycles. The molecule has 0 spiro atoms. The zero-order valence-electron chi connectivity index (χ0n) is 21.4. The van der Waals surface area contributed by atoms with Crippen molar-refractivity contribution in [1.29, 1.82) is 0 Å². The molecule has 0 radical (unpaired) electrons. The Balaban J connectivity index is 2.48. The Hall–Kier alpha value is -2.21. The summed E-state index contributed by atoms with van der Waals surface area (Å²) in [6.45, 7) is 13.5. The van der Waals surface area contributed by atoms with Crippen LogP contribution >= 0.6 is 0 Å². The maximum absolute atomic E-state index is 13.3. The van der Waals surface area contributed by atoms with Crippen molar-refractivity contribution >= 4 is 17.7 Å². The number of Topliss-reactive ketones (excluding diaryl/α,β-unsaturated/α-hetero) is 1. The quantitative estimate of drug-likeness (QED) is 0.533. The number of benzene rings is 1. The SMILES string of the molecule is CCC[C@@H](C(C)NC(C)=O)[C@H](Cc1ccccc1)N1CC(C(C)=O)CC1C(=O)OC(C)(C)C. The molecule has 1 saturated heterocycles. The lowest BCUT2D eigenvalue weighted by atomic mass is 9.83. The van der Waals surface area contributed by atoms with Crippen LogP contribution in [-0.4, -0.2) is 52.8 Å². The van der Waals surface area contributed by atoms with Crippen LogP contribution in [0.25, 0.3) is 0 Å². The minimum absolute atomic E-state index is 0.0175. The first-order chi connectivity index (χ1) is 15.4. The van der Waals surface area contributed by atoms with E-state index < -0.39 is 11.6 Å². The molecular formula is C27H42N2O4. The molecule has 33 heavy (non-hydrogen) atoms. The van der Waals surface area contributed by atoms with Crippen LogP contribution in [0.2, 0.25) is 0 Å². The van der Waals surface area contributed by atoms with Crippen molar-refractivity contribution in [2.75, 3.05) is 6.54 Å². The highest BCUT2D eigenvalue weighted by molar-refractivity contribution is 5.82. The summed E-state index contributed by atoms with van der Waals surface area (Å²) < 4.78 is 5.78. The molecule has 0 bridgehead atoms. The van der Waals surface area contributed by atoms with E-state index in [0.29, 0.717) is 13.0 Å². The summed E-state index contributed by atoms with van der Waals surface area (Å²) in [6, 6.07) is 9.67. The van der Waals surface area contributed by atoms with Crippen LogP contribution < -0.4 is 5.32 Å². The van der Waals surface area contributed by atoms with Crippen LogP contribution in [0.3, 0.4) is 0 Å². The van der Waals surface area contributed by atoms with Crippen LogP contribution in [-0.2, 0) is 25.5 Å². The summed E-state index contributed by atoms with van der Waals surface area (Å²) in [4.78, 5) is 39.7. The predicted octanol–water partition coefficient (Wildman–Crippen LogP) is 4.16. The van der Waals surface area contributed by atoms with E-state index in [1.54, 1.807) is 6.92 Å². The first-order valence-corrected chi connectivity index (χ1v) is 12.2. The van der Waals surface area contributed by atoms with Gasteiger partial charge in [-0.2, -0.15) is 0 Å². The molecule has 6 nitrogen and oxygen atoms in total. The molecule has 1 heterocycles. The van der Waals surface area contributed by atoms with Crippen molar-refractivity contribution in [3.05, 3.63) is 35.9 Å². The van der Waals surface area contributed by atoms with Gasteiger partial charge in [-0.05, 0) is 65.4 Å². The number of esters is 1. The van der Waals surface area contributed by atoms with Gasteiger partial charge in [-0.3, -0.25) is 19.3 Å². The average molecular weight is 459 g/mol. The van der Waals surface area contributed by atoms with E-state index in [0.717, 1.165) is 19.3 Å². The van der Waals surface area contributed by atoms with Crippen LogP contribution in [0, 0.1) is 11.8 Å². The second-order valence-corrected chi connectivity index (χ2v) is 10.5. The van der Waals surface area contributed by atoms with Crippen LogP contribution in [0.15, 0.2) is 30.3 Å². The Bertz CT molecular complexity index is 802. The molecule has 0 aromatic heterocycles. The normalized spacial score (nSPS) is 21.8. The third-order valence-corrected chi connectivity index (χ3v) is 6.50. The van der Waals surface area contributed by atoms with Crippen molar-refractivity contribution in [3.8, 4) is 0 Å². The molecule has 1 aliphatic rings. The van der Waals surface area contributed by atoms with E-state index in [1.165, 1.54) is 12.5 Å². The maximum Gasteiger partial charge on any atom is 0.323 e. The van der Waals surface area contributed by atoms with Crippen LogP contribution in [0.1, 0.15) is 73.3 Å². The summed E-state index contributed by atoms with van der Waals surface area (Å²) in [7, 11) is 0. The zero-order chi connectivity index (χ0) is 24.8.